The summed E-state index contributed by atoms with van der Waals surface area (Å²) in [6.45, 7) is 2.56. The summed E-state index contributed by atoms with van der Waals surface area (Å²) in [4.78, 5) is 45.3. The molecule has 0 aromatic heterocycles. The van der Waals surface area contributed by atoms with Gasteiger partial charge in [-0.05, 0) is 54.4 Å². The fraction of sp³-hybridized carbons (Fsp3) is 0.231. The number of hydrogen-bond donors (Lipinski definition) is 0. The van der Waals surface area contributed by atoms with E-state index in [1.807, 2.05) is 13.0 Å². The highest BCUT2D eigenvalue weighted by Gasteiger charge is 2.60. The van der Waals surface area contributed by atoms with Gasteiger partial charge in [-0.3, -0.25) is 24.5 Å². The molecular weight excluding hydrogens is 486 g/mol. The van der Waals surface area contributed by atoms with E-state index in [0.717, 1.165) is 11.3 Å². The highest BCUT2D eigenvalue weighted by Crippen LogP contribution is 2.48. The minimum atomic E-state index is -1.09. The van der Waals surface area contributed by atoms with E-state index in [1.54, 1.807) is 54.6 Å². The van der Waals surface area contributed by atoms with Crippen molar-refractivity contribution in [2.24, 2.45) is 5.92 Å². The number of anilines is 2. The lowest BCUT2D eigenvalue weighted by Gasteiger charge is -2.28. The first-order valence-corrected chi connectivity index (χ1v) is 11.8. The maximum atomic E-state index is 13.7. The largest absolute Gasteiger partial charge is 0.494 e. The Bertz CT molecular complexity index is 1320. The van der Waals surface area contributed by atoms with Crippen molar-refractivity contribution in [1.29, 1.82) is 0 Å². The van der Waals surface area contributed by atoms with Gasteiger partial charge in [-0.1, -0.05) is 42.8 Å². The number of ether oxygens (including phenoxy) is 1. The number of rotatable bonds is 7. The molecular formula is C26H22ClN3O6. The zero-order valence-electron chi connectivity index (χ0n) is 19.2. The Hall–Kier alpha value is -3.95. The number of hydroxylamine groups is 1. The van der Waals surface area contributed by atoms with Gasteiger partial charge >= 0.3 is 0 Å². The predicted octanol–water partition coefficient (Wildman–Crippen LogP) is 5.09. The Labute approximate surface area is 211 Å². The second-order valence-electron chi connectivity index (χ2n) is 8.48. The topological polar surface area (TPSA) is 102 Å². The van der Waals surface area contributed by atoms with Crippen molar-refractivity contribution in [1.82, 2.24) is 0 Å². The molecule has 2 amide bonds. The quantitative estimate of drug-likeness (QED) is 0.249. The van der Waals surface area contributed by atoms with E-state index >= 15 is 0 Å². The van der Waals surface area contributed by atoms with Crippen molar-refractivity contribution in [3.05, 3.63) is 93.5 Å². The van der Waals surface area contributed by atoms with Crippen molar-refractivity contribution < 1.29 is 24.1 Å². The number of carbonyl (C=O) groups excluding carboxylic acids is 2. The molecule has 0 aliphatic carbocycles. The molecule has 2 aliphatic rings. The Balaban J connectivity index is 1.54. The number of benzene rings is 3. The third-order valence-electron chi connectivity index (χ3n) is 6.20. The average Bonchev–Trinajstić information content (AvgIpc) is 3.39. The van der Waals surface area contributed by atoms with Gasteiger partial charge in [0.25, 0.3) is 11.6 Å². The van der Waals surface area contributed by atoms with E-state index in [9.17, 15) is 19.7 Å². The zero-order chi connectivity index (χ0) is 25.4. The van der Waals surface area contributed by atoms with Gasteiger partial charge in [0.05, 0.1) is 28.9 Å². The van der Waals surface area contributed by atoms with Crippen LogP contribution in [0, 0.1) is 16.0 Å². The molecule has 2 fully saturated rings. The van der Waals surface area contributed by atoms with Crippen molar-refractivity contribution in [2.45, 2.75) is 25.5 Å². The lowest BCUT2D eigenvalue weighted by atomic mass is 9.90. The molecule has 0 saturated carbocycles. The van der Waals surface area contributed by atoms with E-state index in [-0.39, 0.29) is 10.7 Å². The summed E-state index contributed by atoms with van der Waals surface area (Å²) in [5, 5.41) is 13.0. The van der Waals surface area contributed by atoms with Crippen LogP contribution < -0.4 is 14.7 Å². The number of nitrogens with zero attached hydrogens (tertiary/aromatic N) is 3. The van der Waals surface area contributed by atoms with Crippen molar-refractivity contribution in [3.8, 4) is 5.75 Å². The van der Waals surface area contributed by atoms with E-state index in [1.165, 1.54) is 17.2 Å². The number of amides is 2. The maximum Gasteiger partial charge on any atom is 0.288 e. The summed E-state index contributed by atoms with van der Waals surface area (Å²) >= 11 is 6.04. The fourth-order valence-corrected chi connectivity index (χ4v) is 4.76. The third kappa shape index (κ3) is 4.06. The SMILES string of the molecule is CCCOc1ccc(N2C(=O)[C@@H]3[C@@H](ON(c4ccccc4)[C@H]3c3ccc(Cl)c([N+](=O)[O-])c3)C2=O)cc1. The molecule has 0 spiro atoms. The Morgan fingerprint density at radius 1 is 1.00 bits per heavy atom. The van der Waals surface area contributed by atoms with E-state index in [2.05, 4.69) is 0 Å². The van der Waals surface area contributed by atoms with Gasteiger partial charge < -0.3 is 4.74 Å². The van der Waals surface area contributed by atoms with Crippen LogP contribution in [-0.4, -0.2) is 29.4 Å². The molecule has 0 radical (unpaired) electrons. The van der Waals surface area contributed by atoms with Crippen molar-refractivity contribution in [3.63, 3.8) is 0 Å². The number of nitro groups is 1. The second kappa shape index (κ2) is 9.60. The van der Waals surface area contributed by atoms with Gasteiger partial charge in [-0.2, -0.15) is 0 Å². The molecule has 2 saturated heterocycles. The normalized spacial score (nSPS) is 21.1. The van der Waals surface area contributed by atoms with Gasteiger partial charge in [0.1, 0.15) is 16.7 Å². The van der Waals surface area contributed by atoms with Gasteiger partial charge in [0.2, 0.25) is 5.91 Å². The summed E-state index contributed by atoms with van der Waals surface area (Å²) in [7, 11) is 0. The van der Waals surface area contributed by atoms with Gasteiger partial charge in [0.15, 0.2) is 6.10 Å². The zero-order valence-corrected chi connectivity index (χ0v) is 20.0. The molecule has 9 nitrogen and oxygen atoms in total. The number of fused-ring (bicyclic) bond motifs is 1. The Morgan fingerprint density at radius 2 is 1.72 bits per heavy atom. The van der Waals surface area contributed by atoms with Gasteiger partial charge in [-0.15, -0.1) is 0 Å². The number of para-hydroxylation sites is 1. The van der Waals surface area contributed by atoms with Crippen LogP contribution in [0.15, 0.2) is 72.8 Å². The summed E-state index contributed by atoms with van der Waals surface area (Å²) < 4.78 is 5.59. The lowest BCUT2D eigenvalue weighted by Crippen LogP contribution is -2.37. The third-order valence-corrected chi connectivity index (χ3v) is 6.52. The van der Waals surface area contributed by atoms with Crippen LogP contribution in [0.25, 0.3) is 0 Å². The van der Waals surface area contributed by atoms with Gasteiger partial charge in [-0.25, -0.2) is 9.96 Å². The monoisotopic (exact) mass is 507 g/mol. The molecule has 2 heterocycles. The first-order valence-electron chi connectivity index (χ1n) is 11.5. The van der Waals surface area contributed by atoms with Crippen LogP contribution >= 0.6 is 11.6 Å². The Morgan fingerprint density at radius 3 is 2.39 bits per heavy atom. The van der Waals surface area contributed by atoms with Gasteiger partial charge in [0, 0.05) is 6.07 Å². The second-order valence-corrected chi connectivity index (χ2v) is 8.89. The summed E-state index contributed by atoms with van der Waals surface area (Å²) in [6.07, 6.45) is -0.235. The predicted molar refractivity (Wildman–Crippen MR) is 133 cm³/mol. The molecule has 10 heteroatoms. The lowest BCUT2D eigenvalue weighted by molar-refractivity contribution is -0.384. The molecule has 3 aromatic rings. The van der Waals surface area contributed by atoms with E-state index in [0.29, 0.717) is 29.3 Å². The minimum absolute atomic E-state index is 0.0219. The average molecular weight is 508 g/mol. The number of carbonyl (C=O) groups is 2. The van der Waals surface area contributed by atoms with E-state index in [4.69, 9.17) is 21.2 Å². The van der Waals surface area contributed by atoms with Crippen LogP contribution in [0.4, 0.5) is 17.1 Å². The molecule has 0 unspecified atom stereocenters. The number of halogens is 1. The molecule has 0 bridgehead atoms. The summed E-state index contributed by atoms with van der Waals surface area (Å²) in [6, 6.07) is 19.3. The standard InChI is InChI=1S/C26H22ClN3O6/c1-2-14-35-19-11-9-17(10-12-19)28-25(31)22-23(16-8-13-20(27)21(15-16)30(33)34)29(36-24(22)26(28)32)18-6-4-3-5-7-18/h3-13,15,22-24H,2,14H2,1H3/t22-,23-,24+/m0/s1. The van der Waals surface area contributed by atoms with Crippen LogP contribution in [-0.2, 0) is 14.4 Å². The summed E-state index contributed by atoms with van der Waals surface area (Å²) in [5.41, 5.74) is 1.16. The van der Waals surface area contributed by atoms with Crippen LogP contribution in [0.5, 0.6) is 5.75 Å². The van der Waals surface area contributed by atoms with Crippen LogP contribution in [0.2, 0.25) is 5.02 Å². The first-order chi connectivity index (χ1) is 17.4. The van der Waals surface area contributed by atoms with Crippen LogP contribution in [0.1, 0.15) is 24.9 Å². The maximum absolute atomic E-state index is 13.7. The molecule has 5 rings (SSSR count). The molecule has 0 N–H and O–H groups in total. The molecule has 2 aliphatic heterocycles. The number of nitro benzene ring substituents is 1. The minimum Gasteiger partial charge on any atom is -0.494 e. The number of imide groups is 1. The van der Waals surface area contributed by atoms with E-state index < -0.39 is 34.8 Å². The van der Waals surface area contributed by atoms with Crippen molar-refractivity contribution >= 4 is 40.5 Å². The summed E-state index contributed by atoms with van der Waals surface area (Å²) in [5.74, 6) is -1.24. The smallest absolute Gasteiger partial charge is 0.288 e. The molecule has 3 atom stereocenters. The Kier molecular flexibility index (Phi) is 6.34. The first kappa shape index (κ1) is 23.8. The number of hydrogen-bond acceptors (Lipinski definition) is 7. The molecule has 36 heavy (non-hydrogen) atoms. The molecule has 3 aromatic carbocycles. The molecule has 184 valence electrons. The van der Waals surface area contributed by atoms with Crippen LogP contribution in [0.3, 0.4) is 0 Å². The fourth-order valence-electron chi connectivity index (χ4n) is 4.57. The highest BCUT2D eigenvalue weighted by molar-refractivity contribution is 6.32. The highest BCUT2D eigenvalue weighted by atomic mass is 35.5. The van der Waals surface area contributed by atoms with Crippen molar-refractivity contribution in [2.75, 3.05) is 16.6 Å².